The van der Waals surface area contributed by atoms with Crippen LogP contribution in [0.3, 0.4) is 0 Å². The first-order chi connectivity index (χ1) is 15.0. The zero-order chi connectivity index (χ0) is 21.8. The van der Waals surface area contributed by atoms with Gasteiger partial charge in [0.25, 0.3) is 5.91 Å². The van der Waals surface area contributed by atoms with Crippen LogP contribution in [0.4, 0.5) is 5.69 Å². The summed E-state index contributed by atoms with van der Waals surface area (Å²) in [6.45, 7) is 2.59. The number of carbonyl (C=O) groups is 2. The molecule has 4 rings (SSSR count). The zero-order valence-corrected chi connectivity index (χ0v) is 16.8. The summed E-state index contributed by atoms with van der Waals surface area (Å²) in [5, 5.41) is 18.5. The second kappa shape index (κ2) is 8.74. The molecule has 3 N–H and O–H groups in total. The molecule has 3 aromatic carbocycles. The Balaban J connectivity index is 1.37. The number of aromatic hydroxyl groups is 1. The van der Waals surface area contributed by atoms with E-state index in [4.69, 9.17) is 9.47 Å². The largest absolute Gasteiger partial charge is 0.507 e. The molecule has 8 heteroatoms. The minimum atomic E-state index is -0.560. The van der Waals surface area contributed by atoms with E-state index in [2.05, 4.69) is 15.8 Å². The number of fused-ring (bicyclic) bond motifs is 2. The fourth-order valence-electron chi connectivity index (χ4n) is 3.21. The minimum absolute atomic E-state index is 0.0155. The molecule has 0 aliphatic carbocycles. The number of ether oxygens (including phenoxy) is 2. The zero-order valence-electron chi connectivity index (χ0n) is 16.8. The highest BCUT2D eigenvalue weighted by Crippen LogP contribution is 2.32. The number of phenolic OH excluding ortho intramolecular Hbond substituents is 1. The third kappa shape index (κ3) is 4.75. The average Bonchev–Trinajstić information content (AvgIpc) is 2.76. The molecule has 0 radical (unpaired) electrons. The fraction of sp³-hybridized carbons (Fsp3) is 0.174. The van der Waals surface area contributed by atoms with Gasteiger partial charge in [0.2, 0.25) is 5.91 Å². The number of nitrogens with zero attached hydrogens (tertiary/aromatic N) is 1. The molecule has 0 bridgehead atoms. The summed E-state index contributed by atoms with van der Waals surface area (Å²) in [4.78, 5) is 24.7. The van der Waals surface area contributed by atoms with E-state index in [0.717, 1.165) is 10.8 Å². The average molecular weight is 419 g/mol. The van der Waals surface area contributed by atoms with Gasteiger partial charge < -0.3 is 19.9 Å². The van der Waals surface area contributed by atoms with Crippen molar-refractivity contribution in [3.8, 4) is 17.2 Å². The molecular formula is C23H21N3O5. The first-order valence-corrected chi connectivity index (χ1v) is 9.74. The maximum atomic E-state index is 12.4. The summed E-state index contributed by atoms with van der Waals surface area (Å²) in [5.74, 6) is 0.231. The molecule has 158 valence electrons. The number of hydrazone groups is 1. The molecular weight excluding hydrogens is 398 g/mol. The number of rotatable bonds is 5. The summed E-state index contributed by atoms with van der Waals surface area (Å²) in [7, 11) is 0. The number of phenols is 1. The highest BCUT2D eigenvalue weighted by Gasteiger charge is 2.14. The third-order valence-electron chi connectivity index (χ3n) is 4.70. The van der Waals surface area contributed by atoms with Crippen LogP contribution in [-0.2, 0) is 4.79 Å². The lowest BCUT2D eigenvalue weighted by Crippen LogP contribution is -2.21. The van der Waals surface area contributed by atoms with Gasteiger partial charge in [-0.15, -0.1) is 0 Å². The molecule has 1 aliphatic heterocycles. The molecule has 0 saturated heterocycles. The van der Waals surface area contributed by atoms with Crippen molar-refractivity contribution in [1.29, 1.82) is 0 Å². The maximum Gasteiger partial charge on any atom is 0.275 e. The molecule has 1 heterocycles. The molecule has 3 aromatic rings. The van der Waals surface area contributed by atoms with E-state index in [-0.39, 0.29) is 23.6 Å². The summed E-state index contributed by atoms with van der Waals surface area (Å²) in [5.41, 5.74) is 3.48. The monoisotopic (exact) mass is 419 g/mol. The van der Waals surface area contributed by atoms with Crippen LogP contribution in [0.5, 0.6) is 17.2 Å². The number of anilines is 1. The van der Waals surface area contributed by atoms with E-state index in [0.29, 0.717) is 36.1 Å². The number of nitrogens with one attached hydrogen (secondary N) is 2. The lowest BCUT2D eigenvalue weighted by atomic mass is 10.1. The lowest BCUT2D eigenvalue weighted by molar-refractivity contribution is -0.115. The van der Waals surface area contributed by atoms with Crippen molar-refractivity contribution in [3.05, 3.63) is 60.2 Å². The van der Waals surface area contributed by atoms with Crippen LogP contribution < -0.4 is 20.2 Å². The van der Waals surface area contributed by atoms with Crippen LogP contribution in [0.15, 0.2) is 59.7 Å². The first-order valence-electron chi connectivity index (χ1n) is 9.74. The van der Waals surface area contributed by atoms with Crippen molar-refractivity contribution in [2.24, 2.45) is 5.10 Å². The Morgan fingerprint density at radius 2 is 1.71 bits per heavy atom. The molecule has 8 nitrogen and oxygen atoms in total. The van der Waals surface area contributed by atoms with Gasteiger partial charge in [0.1, 0.15) is 19.0 Å². The summed E-state index contributed by atoms with van der Waals surface area (Å²) >= 11 is 0. The van der Waals surface area contributed by atoms with Crippen LogP contribution in [0, 0.1) is 0 Å². The highest BCUT2D eigenvalue weighted by molar-refractivity contribution is 6.06. The van der Waals surface area contributed by atoms with Crippen molar-refractivity contribution in [1.82, 2.24) is 5.43 Å². The molecule has 2 amide bonds. The van der Waals surface area contributed by atoms with Crippen molar-refractivity contribution in [3.63, 3.8) is 0 Å². The molecule has 0 saturated carbocycles. The molecule has 0 aromatic heterocycles. The highest BCUT2D eigenvalue weighted by atomic mass is 16.6. The van der Waals surface area contributed by atoms with E-state index < -0.39 is 5.91 Å². The lowest BCUT2D eigenvalue weighted by Gasteiger charge is -2.19. The van der Waals surface area contributed by atoms with Gasteiger partial charge in [-0.25, -0.2) is 5.43 Å². The van der Waals surface area contributed by atoms with Gasteiger partial charge in [-0.1, -0.05) is 24.3 Å². The van der Waals surface area contributed by atoms with Gasteiger partial charge in [0, 0.05) is 17.5 Å². The van der Waals surface area contributed by atoms with Crippen molar-refractivity contribution in [2.45, 2.75) is 13.3 Å². The Bertz CT molecular complexity index is 1190. The topological polar surface area (TPSA) is 109 Å². The van der Waals surface area contributed by atoms with E-state index in [1.807, 2.05) is 24.3 Å². The summed E-state index contributed by atoms with van der Waals surface area (Å²) < 4.78 is 11.0. The Morgan fingerprint density at radius 3 is 2.48 bits per heavy atom. The summed E-state index contributed by atoms with van der Waals surface area (Å²) in [6.07, 6.45) is -0.0155. The predicted molar refractivity (Wildman–Crippen MR) is 117 cm³/mol. The molecule has 1 aliphatic rings. The van der Waals surface area contributed by atoms with E-state index in [1.54, 1.807) is 31.2 Å². The Kier molecular flexibility index (Phi) is 5.70. The Morgan fingerprint density at radius 1 is 1.00 bits per heavy atom. The van der Waals surface area contributed by atoms with Crippen LogP contribution in [0.25, 0.3) is 10.8 Å². The summed E-state index contributed by atoms with van der Waals surface area (Å²) in [6, 6.07) is 15.7. The van der Waals surface area contributed by atoms with Crippen LogP contribution in [0.2, 0.25) is 0 Å². The van der Waals surface area contributed by atoms with Crippen molar-refractivity contribution in [2.75, 3.05) is 18.5 Å². The number of hydrogen-bond donors (Lipinski definition) is 3. The molecule has 0 atom stereocenters. The quantitative estimate of drug-likeness (QED) is 0.434. The Labute approximate surface area is 178 Å². The van der Waals surface area contributed by atoms with Gasteiger partial charge in [-0.3, -0.25) is 9.59 Å². The second-order valence-electron chi connectivity index (χ2n) is 7.09. The molecule has 0 unspecified atom stereocenters. The van der Waals surface area contributed by atoms with E-state index in [9.17, 15) is 14.7 Å². The normalized spacial score (nSPS) is 13.0. The molecule has 31 heavy (non-hydrogen) atoms. The van der Waals surface area contributed by atoms with Crippen molar-refractivity contribution >= 4 is 34.0 Å². The SMILES string of the molecule is C/C(CC(=O)Nc1ccc2c(c1)OCCO2)=N/NC(=O)c1cc2ccccc2cc1O. The Hall–Kier alpha value is -4.07. The predicted octanol–water partition coefficient (Wildman–Crippen LogP) is 3.45. The van der Waals surface area contributed by atoms with Gasteiger partial charge in [0.15, 0.2) is 11.5 Å². The van der Waals surface area contributed by atoms with Gasteiger partial charge in [0.05, 0.1) is 12.0 Å². The fourth-order valence-corrected chi connectivity index (χ4v) is 3.21. The smallest absolute Gasteiger partial charge is 0.275 e. The molecule has 0 fully saturated rings. The van der Waals surface area contributed by atoms with E-state index in [1.165, 1.54) is 6.07 Å². The number of carbonyl (C=O) groups excluding carboxylic acids is 2. The van der Waals surface area contributed by atoms with Crippen LogP contribution >= 0.6 is 0 Å². The van der Waals surface area contributed by atoms with Gasteiger partial charge >= 0.3 is 0 Å². The first kappa shape index (κ1) is 20.2. The number of hydrogen-bond acceptors (Lipinski definition) is 6. The molecule has 0 spiro atoms. The van der Waals surface area contributed by atoms with Crippen LogP contribution in [-0.4, -0.2) is 35.8 Å². The number of benzene rings is 3. The third-order valence-corrected chi connectivity index (χ3v) is 4.70. The maximum absolute atomic E-state index is 12.4. The minimum Gasteiger partial charge on any atom is -0.507 e. The van der Waals surface area contributed by atoms with Crippen LogP contribution in [0.1, 0.15) is 23.7 Å². The standard InChI is InChI=1S/C23H21N3O5/c1-14(10-22(28)24-17-6-7-20-21(13-17)31-9-8-30-20)25-26-23(29)18-11-15-4-2-3-5-16(15)12-19(18)27/h2-7,11-13,27H,8-10H2,1H3,(H,24,28)(H,26,29)/b25-14-. The second-order valence-corrected chi connectivity index (χ2v) is 7.09. The van der Waals surface area contributed by atoms with Crippen molar-refractivity contribution < 1.29 is 24.2 Å². The van der Waals surface area contributed by atoms with Gasteiger partial charge in [-0.2, -0.15) is 5.10 Å². The van der Waals surface area contributed by atoms with E-state index >= 15 is 0 Å². The van der Waals surface area contributed by atoms with Gasteiger partial charge in [-0.05, 0) is 42.0 Å². The number of amides is 2.